The number of hydrogen-bond donors (Lipinski definition) is 1. The molecule has 0 aliphatic heterocycles. The van der Waals surface area contributed by atoms with Gasteiger partial charge in [0.05, 0.1) is 5.54 Å². The molecule has 25 heavy (non-hydrogen) atoms. The number of amides is 1. The van der Waals surface area contributed by atoms with E-state index in [0.717, 1.165) is 19.3 Å². The van der Waals surface area contributed by atoms with Gasteiger partial charge in [0.25, 0.3) is 5.91 Å². The molecule has 2 aromatic rings. The van der Waals surface area contributed by atoms with E-state index >= 15 is 0 Å². The minimum atomic E-state index is -0.328. The molecule has 0 aromatic heterocycles. The minimum Gasteiger partial charge on any atom is -0.343 e. The van der Waals surface area contributed by atoms with Crippen molar-refractivity contribution < 1.29 is 9.18 Å². The first-order valence-corrected chi connectivity index (χ1v) is 9.14. The van der Waals surface area contributed by atoms with Crippen molar-refractivity contribution >= 4 is 5.91 Å². The van der Waals surface area contributed by atoms with Gasteiger partial charge in [-0.05, 0) is 73.1 Å². The molecule has 1 saturated carbocycles. The third-order valence-corrected chi connectivity index (χ3v) is 5.29. The molecule has 1 N–H and O–H groups in total. The SMILES string of the molecule is CCCC(C)c1cc(C2(NC(=O)c3ccc(F)cc3)CC2)ccc1C. The van der Waals surface area contributed by atoms with Crippen LogP contribution in [0.4, 0.5) is 4.39 Å². The van der Waals surface area contributed by atoms with Crippen LogP contribution >= 0.6 is 0 Å². The summed E-state index contributed by atoms with van der Waals surface area (Å²) >= 11 is 0. The van der Waals surface area contributed by atoms with Gasteiger partial charge >= 0.3 is 0 Å². The van der Waals surface area contributed by atoms with Gasteiger partial charge in [0.2, 0.25) is 0 Å². The second-order valence-electron chi connectivity index (χ2n) is 7.30. The van der Waals surface area contributed by atoms with E-state index in [0.29, 0.717) is 11.5 Å². The van der Waals surface area contributed by atoms with Crippen LogP contribution in [-0.4, -0.2) is 5.91 Å². The fourth-order valence-corrected chi connectivity index (χ4v) is 3.56. The van der Waals surface area contributed by atoms with Crippen molar-refractivity contribution in [2.45, 2.75) is 57.9 Å². The molecule has 1 fully saturated rings. The summed E-state index contributed by atoms with van der Waals surface area (Å²) in [4.78, 5) is 12.5. The quantitative estimate of drug-likeness (QED) is 0.744. The van der Waals surface area contributed by atoms with Crippen molar-refractivity contribution in [1.29, 1.82) is 0 Å². The summed E-state index contributed by atoms with van der Waals surface area (Å²) in [5, 5.41) is 3.18. The summed E-state index contributed by atoms with van der Waals surface area (Å²) < 4.78 is 13.1. The maximum atomic E-state index is 13.1. The summed E-state index contributed by atoms with van der Waals surface area (Å²) in [6, 6.07) is 12.3. The van der Waals surface area contributed by atoms with Crippen LogP contribution in [-0.2, 0) is 5.54 Å². The first kappa shape index (κ1) is 17.7. The number of rotatable bonds is 6. The number of nitrogens with one attached hydrogen (secondary N) is 1. The number of hydrogen-bond acceptors (Lipinski definition) is 1. The first-order chi connectivity index (χ1) is 11.9. The fourth-order valence-electron chi connectivity index (χ4n) is 3.56. The van der Waals surface area contributed by atoms with Crippen LogP contribution in [0.25, 0.3) is 0 Å². The van der Waals surface area contributed by atoms with E-state index in [1.54, 1.807) is 0 Å². The van der Waals surface area contributed by atoms with Gasteiger partial charge in [0, 0.05) is 5.56 Å². The Morgan fingerprint density at radius 1 is 1.20 bits per heavy atom. The van der Waals surface area contributed by atoms with Gasteiger partial charge in [-0.25, -0.2) is 4.39 Å². The van der Waals surface area contributed by atoms with E-state index in [9.17, 15) is 9.18 Å². The van der Waals surface area contributed by atoms with E-state index in [2.05, 4.69) is 44.3 Å². The summed E-state index contributed by atoms with van der Waals surface area (Å²) in [6.45, 7) is 6.63. The molecule has 1 aliphatic carbocycles. The van der Waals surface area contributed by atoms with Crippen LogP contribution in [0.15, 0.2) is 42.5 Å². The zero-order valence-electron chi connectivity index (χ0n) is 15.2. The molecule has 0 heterocycles. The number of benzene rings is 2. The highest BCUT2D eigenvalue weighted by molar-refractivity contribution is 5.95. The van der Waals surface area contributed by atoms with Gasteiger partial charge in [-0.2, -0.15) is 0 Å². The van der Waals surface area contributed by atoms with Gasteiger partial charge in [0.1, 0.15) is 5.82 Å². The third-order valence-electron chi connectivity index (χ3n) is 5.29. The van der Waals surface area contributed by atoms with Crippen molar-refractivity contribution in [3.63, 3.8) is 0 Å². The summed E-state index contributed by atoms with van der Waals surface area (Å²) in [7, 11) is 0. The van der Waals surface area contributed by atoms with E-state index < -0.39 is 0 Å². The third kappa shape index (κ3) is 3.76. The van der Waals surface area contributed by atoms with Crippen molar-refractivity contribution in [2.24, 2.45) is 0 Å². The lowest BCUT2D eigenvalue weighted by Crippen LogP contribution is -2.35. The molecule has 0 bridgehead atoms. The molecule has 2 aromatic carbocycles. The number of aryl methyl sites for hydroxylation is 1. The van der Waals surface area contributed by atoms with Crippen LogP contribution in [0.1, 0.15) is 72.5 Å². The minimum absolute atomic E-state index is 0.138. The molecule has 1 unspecified atom stereocenters. The first-order valence-electron chi connectivity index (χ1n) is 9.14. The molecule has 1 amide bonds. The zero-order valence-corrected chi connectivity index (χ0v) is 15.2. The van der Waals surface area contributed by atoms with Gasteiger partial charge in [-0.1, -0.05) is 38.5 Å². The number of halogens is 1. The van der Waals surface area contributed by atoms with Gasteiger partial charge in [-0.15, -0.1) is 0 Å². The highest BCUT2D eigenvalue weighted by Crippen LogP contribution is 2.46. The molecule has 2 nitrogen and oxygen atoms in total. The Morgan fingerprint density at radius 3 is 2.48 bits per heavy atom. The Hall–Kier alpha value is -2.16. The standard InChI is InChI=1S/C22H26FNO/c1-4-5-15(2)20-14-18(9-6-16(20)3)22(12-13-22)24-21(25)17-7-10-19(23)11-8-17/h6-11,14-15H,4-5,12-13H2,1-3H3,(H,24,25). The summed E-state index contributed by atoms with van der Waals surface area (Å²) in [5.41, 5.74) is 4.11. The van der Waals surface area contributed by atoms with Crippen molar-refractivity contribution in [3.05, 3.63) is 70.5 Å². The predicted octanol–water partition coefficient (Wildman–Crippen LogP) is 5.46. The normalized spacial score (nSPS) is 16.3. The van der Waals surface area contributed by atoms with E-state index in [4.69, 9.17) is 0 Å². The summed E-state index contributed by atoms with van der Waals surface area (Å²) in [5.74, 6) is 0.0561. The topological polar surface area (TPSA) is 29.1 Å². The molecule has 3 rings (SSSR count). The van der Waals surface area contributed by atoms with Crippen molar-refractivity contribution in [2.75, 3.05) is 0 Å². The van der Waals surface area contributed by atoms with E-state index in [1.807, 2.05) is 0 Å². The van der Waals surface area contributed by atoms with Gasteiger partial charge in [0.15, 0.2) is 0 Å². The Balaban J connectivity index is 1.82. The van der Waals surface area contributed by atoms with Crippen LogP contribution in [0.5, 0.6) is 0 Å². The highest BCUT2D eigenvalue weighted by atomic mass is 19.1. The molecule has 0 spiro atoms. The second-order valence-corrected chi connectivity index (χ2v) is 7.30. The van der Waals surface area contributed by atoms with Crippen molar-refractivity contribution in [3.8, 4) is 0 Å². The lowest BCUT2D eigenvalue weighted by atomic mass is 9.89. The van der Waals surface area contributed by atoms with Crippen molar-refractivity contribution in [1.82, 2.24) is 5.32 Å². The summed E-state index contributed by atoms with van der Waals surface area (Å²) in [6.07, 6.45) is 4.23. The molecule has 3 heteroatoms. The highest BCUT2D eigenvalue weighted by Gasteiger charge is 2.46. The molecule has 132 valence electrons. The Morgan fingerprint density at radius 2 is 1.88 bits per heavy atom. The maximum absolute atomic E-state index is 13.1. The van der Waals surface area contributed by atoms with Crippen LogP contribution in [0.2, 0.25) is 0 Å². The lowest BCUT2D eigenvalue weighted by Gasteiger charge is -2.22. The fraction of sp³-hybridized carbons (Fsp3) is 0.409. The number of carbonyl (C=O) groups is 1. The predicted molar refractivity (Wildman–Crippen MR) is 99.3 cm³/mol. The molecular formula is C22H26FNO. The lowest BCUT2D eigenvalue weighted by molar-refractivity contribution is 0.0930. The van der Waals surface area contributed by atoms with Crippen LogP contribution < -0.4 is 5.32 Å². The molecular weight excluding hydrogens is 313 g/mol. The Bertz CT molecular complexity index is 762. The Kier molecular flexibility index (Phi) is 4.94. The zero-order chi connectivity index (χ0) is 18.0. The molecule has 1 atom stereocenters. The Labute approximate surface area is 149 Å². The molecule has 1 aliphatic rings. The number of carbonyl (C=O) groups excluding carboxylic acids is 1. The molecule has 0 saturated heterocycles. The molecule has 0 radical (unpaired) electrons. The van der Waals surface area contributed by atoms with Gasteiger partial charge < -0.3 is 5.32 Å². The average molecular weight is 339 g/mol. The van der Waals surface area contributed by atoms with E-state index in [1.165, 1.54) is 47.4 Å². The van der Waals surface area contributed by atoms with E-state index in [-0.39, 0.29) is 17.3 Å². The second kappa shape index (κ2) is 6.99. The monoisotopic (exact) mass is 339 g/mol. The largest absolute Gasteiger partial charge is 0.343 e. The average Bonchev–Trinajstić information content (AvgIpc) is 3.36. The van der Waals surface area contributed by atoms with Crippen LogP contribution in [0, 0.1) is 12.7 Å². The smallest absolute Gasteiger partial charge is 0.251 e. The van der Waals surface area contributed by atoms with Crippen LogP contribution in [0.3, 0.4) is 0 Å². The maximum Gasteiger partial charge on any atom is 0.251 e. The van der Waals surface area contributed by atoms with Gasteiger partial charge in [-0.3, -0.25) is 4.79 Å².